The van der Waals surface area contributed by atoms with Crippen LogP contribution >= 0.6 is 11.6 Å². The maximum atomic E-state index is 12.9. The third-order valence-electron chi connectivity index (χ3n) is 4.01. The lowest BCUT2D eigenvalue weighted by atomic mass is 10.1. The zero-order chi connectivity index (χ0) is 17.6. The Labute approximate surface area is 145 Å². The van der Waals surface area contributed by atoms with Crippen LogP contribution in [0.25, 0.3) is 11.0 Å². The molecule has 0 bridgehead atoms. The molecule has 1 aromatic carbocycles. The summed E-state index contributed by atoms with van der Waals surface area (Å²) in [6, 6.07) is 5.61. The second-order valence-corrected chi connectivity index (χ2v) is 6.52. The topological polar surface area (TPSA) is 59.8 Å². The minimum Gasteiger partial charge on any atom is -0.320 e. The van der Waals surface area contributed by atoms with Crippen LogP contribution in [-0.4, -0.2) is 20.7 Å². The Kier molecular flexibility index (Phi) is 4.05. The summed E-state index contributed by atoms with van der Waals surface area (Å²) in [5.74, 6) is -0.213. The number of rotatable bonds is 2. The van der Waals surface area contributed by atoms with Crippen molar-refractivity contribution in [2.24, 2.45) is 7.05 Å². The van der Waals surface area contributed by atoms with E-state index in [1.165, 1.54) is 0 Å². The number of nitrogens with one attached hydrogen (secondary N) is 1. The van der Waals surface area contributed by atoms with E-state index < -0.39 is 0 Å². The second-order valence-electron chi connectivity index (χ2n) is 6.11. The summed E-state index contributed by atoms with van der Waals surface area (Å²) >= 11 is 6.31. The lowest BCUT2D eigenvalue weighted by Gasteiger charge is -2.12. The summed E-state index contributed by atoms with van der Waals surface area (Å²) in [5, 5.41) is 8.62. The van der Waals surface area contributed by atoms with Gasteiger partial charge in [-0.1, -0.05) is 17.7 Å². The SMILES string of the molecule is Cc1cc(C)c(NC(=O)c2cc(C)nc3c2c(C)nn3C)c(Cl)c1. The van der Waals surface area contributed by atoms with E-state index >= 15 is 0 Å². The largest absolute Gasteiger partial charge is 0.320 e. The maximum Gasteiger partial charge on any atom is 0.256 e. The molecule has 0 aliphatic carbocycles. The van der Waals surface area contributed by atoms with Gasteiger partial charge in [-0.25, -0.2) is 4.98 Å². The van der Waals surface area contributed by atoms with Crippen LogP contribution in [0, 0.1) is 27.7 Å². The zero-order valence-corrected chi connectivity index (χ0v) is 15.1. The first kappa shape index (κ1) is 16.5. The number of hydrogen-bond acceptors (Lipinski definition) is 3. The van der Waals surface area contributed by atoms with Gasteiger partial charge >= 0.3 is 0 Å². The Morgan fingerprint density at radius 2 is 1.88 bits per heavy atom. The zero-order valence-electron chi connectivity index (χ0n) is 14.4. The number of aromatic nitrogens is 3. The second kappa shape index (κ2) is 5.91. The van der Waals surface area contributed by atoms with Crippen molar-refractivity contribution in [1.82, 2.24) is 14.8 Å². The molecule has 124 valence electrons. The van der Waals surface area contributed by atoms with Crippen LogP contribution in [0.15, 0.2) is 18.2 Å². The van der Waals surface area contributed by atoms with Gasteiger partial charge in [0.15, 0.2) is 5.65 Å². The Bertz CT molecular complexity index is 952. The number of carbonyl (C=O) groups is 1. The molecule has 3 rings (SSSR count). The molecule has 1 amide bonds. The Morgan fingerprint density at radius 3 is 2.54 bits per heavy atom. The highest BCUT2D eigenvalue weighted by Crippen LogP contribution is 2.29. The van der Waals surface area contributed by atoms with Crippen LogP contribution in [0.3, 0.4) is 0 Å². The summed E-state index contributed by atoms with van der Waals surface area (Å²) in [5.41, 5.74) is 5.42. The molecule has 0 radical (unpaired) electrons. The van der Waals surface area contributed by atoms with E-state index in [0.717, 1.165) is 27.9 Å². The molecule has 2 aromatic heterocycles. The van der Waals surface area contributed by atoms with Gasteiger partial charge in [0, 0.05) is 12.7 Å². The van der Waals surface area contributed by atoms with E-state index in [0.29, 0.717) is 21.9 Å². The molecule has 3 aromatic rings. The third kappa shape index (κ3) is 2.76. The van der Waals surface area contributed by atoms with Gasteiger partial charge in [-0.2, -0.15) is 5.10 Å². The van der Waals surface area contributed by atoms with Crippen molar-refractivity contribution in [2.45, 2.75) is 27.7 Å². The van der Waals surface area contributed by atoms with E-state index in [9.17, 15) is 4.79 Å². The van der Waals surface area contributed by atoms with Crippen molar-refractivity contribution in [3.05, 3.63) is 51.3 Å². The van der Waals surface area contributed by atoms with Gasteiger partial charge in [0.2, 0.25) is 0 Å². The lowest BCUT2D eigenvalue weighted by Crippen LogP contribution is -2.14. The van der Waals surface area contributed by atoms with E-state index in [-0.39, 0.29) is 5.91 Å². The van der Waals surface area contributed by atoms with Crippen LogP contribution in [-0.2, 0) is 7.05 Å². The number of pyridine rings is 1. The van der Waals surface area contributed by atoms with Gasteiger partial charge in [0.1, 0.15) is 0 Å². The molecular formula is C18H19ClN4O. The molecule has 0 unspecified atom stereocenters. The van der Waals surface area contributed by atoms with Crippen molar-refractivity contribution >= 4 is 34.2 Å². The molecule has 0 fully saturated rings. The van der Waals surface area contributed by atoms with Crippen LogP contribution in [0.1, 0.15) is 32.9 Å². The van der Waals surface area contributed by atoms with Crippen molar-refractivity contribution in [3.8, 4) is 0 Å². The highest BCUT2D eigenvalue weighted by atomic mass is 35.5. The molecule has 1 N–H and O–H groups in total. The van der Waals surface area contributed by atoms with Gasteiger partial charge in [-0.3, -0.25) is 9.48 Å². The monoisotopic (exact) mass is 342 g/mol. The Hall–Kier alpha value is -2.40. The fraction of sp³-hybridized carbons (Fsp3) is 0.278. The fourth-order valence-electron chi connectivity index (χ4n) is 3.00. The van der Waals surface area contributed by atoms with Gasteiger partial charge in [-0.15, -0.1) is 0 Å². The van der Waals surface area contributed by atoms with Gasteiger partial charge < -0.3 is 5.32 Å². The number of benzene rings is 1. The smallest absolute Gasteiger partial charge is 0.256 e. The highest BCUT2D eigenvalue weighted by Gasteiger charge is 2.19. The average molecular weight is 343 g/mol. The summed E-state index contributed by atoms with van der Waals surface area (Å²) in [6.45, 7) is 7.64. The minimum absolute atomic E-state index is 0.213. The predicted molar refractivity (Wildman–Crippen MR) is 96.9 cm³/mol. The molecule has 0 atom stereocenters. The van der Waals surface area contributed by atoms with Gasteiger partial charge in [0.05, 0.1) is 27.4 Å². The molecule has 24 heavy (non-hydrogen) atoms. The summed E-state index contributed by atoms with van der Waals surface area (Å²) in [4.78, 5) is 17.4. The van der Waals surface area contributed by atoms with Crippen molar-refractivity contribution in [1.29, 1.82) is 0 Å². The minimum atomic E-state index is -0.213. The highest BCUT2D eigenvalue weighted by molar-refractivity contribution is 6.34. The average Bonchev–Trinajstić information content (AvgIpc) is 2.76. The van der Waals surface area contributed by atoms with Gasteiger partial charge in [0.25, 0.3) is 5.91 Å². The summed E-state index contributed by atoms with van der Waals surface area (Å²) in [7, 11) is 1.82. The molecule has 5 nitrogen and oxygen atoms in total. The maximum absolute atomic E-state index is 12.9. The molecule has 0 saturated heterocycles. The van der Waals surface area contributed by atoms with Crippen molar-refractivity contribution < 1.29 is 4.79 Å². The number of carbonyl (C=O) groups excluding carboxylic acids is 1. The number of anilines is 1. The Balaban J connectivity index is 2.10. The van der Waals surface area contributed by atoms with Crippen molar-refractivity contribution in [3.63, 3.8) is 0 Å². The van der Waals surface area contributed by atoms with E-state index in [2.05, 4.69) is 15.4 Å². The quantitative estimate of drug-likeness (QED) is 0.762. The molecule has 0 aliphatic heterocycles. The molecule has 6 heteroatoms. The van der Waals surface area contributed by atoms with E-state index in [4.69, 9.17) is 11.6 Å². The molecule has 0 saturated carbocycles. The predicted octanol–water partition coefficient (Wildman–Crippen LogP) is 4.11. The fourth-order valence-corrected chi connectivity index (χ4v) is 3.37. The number of nitrogens with zero attached hydrogens (tertiary/aromatic N) is 3. The number of aryl methyl sites for hydroxylation is 5. The van der Waals surface area contributed by atoms with Crippen LogP contribution in [0.5, 0.6) is 0 Å². The number of hydrogen-bond donors (Lipinski definition) is 1. The van der Waals surface area contributed by atoms with Crippen LogP contribution < -0.4 is 5.32 Å². The first-order chi connectivity index (χ1) is 11.3. The van der Waals surface area contributed by atoms with Gasteiger partial charge in [-0.05, 0) is 51.0 Å². The molecule has 0 spiro atoms. The number of amides is 1. The molecular weight excluding hydrogens is 324 g/mol. The van der Waals surface area contributed by atoms with Crippen LogP contribution in [0.2, 0.25) is 5.02 Å². The van der Waals surface area contributed by atoms with E-state index in [1.54, 1.807) is 10.7 Å². The lowest BCUT2D eigenvalue weighted by molar-refractivity contribution is 0.102. The summed E-state index contributed by atoms with van der Waals surface area (Å²) < 4.78 is 1.69. The van der Waals surface area contributed by atoms with Crippen LogP contribution in [0.4, 0.5) is 5.69 Å². The first-order valence-corrected chi connectivity index (χ1v) is 8.04. The third-order valence-corrected chi connectivity index (χ3v) is 4.31. The summed E-state index contributed by atoms with van der Waals surface area (Å²) in [6.07, 6.45) is 0. The van der Waals surface area contributed by atoms with E-state index in [1.807, 2.05) is 46.9 Å². The first-order valence-electron chi connectivity index (χ1n) is 7.67. The Morgan fingerprint density at radius 1 is 1.17 bits per heavy atom. The molecule has 0 aliphatic rings. The number of fused-ring (bicyclic) bond motifs is 1. The standard InChI is InChI=1S/C18H19ClN4O/c1-9-6-10(2)16(14(19)7-9)21-18(24)13-8-11(3)20-17-15(13)12(4)22-23(17)5/h6-8H,1-5H3,(H,21,24). The van der Waals surface area contributed by atoms with Crippen molar-refractivity contribution in [2.75, 3.05) is 5.32 Å². The number of halogens is 1. The normalized spacial score (nSPS) is 11.1. The molecule has 2 heterocycles.